The van der Waals surface area contributed by atoms with Crippen molar-refractivity contribution in [2.75, 3.05) is 6.61 Å². The van der Waals surface area contributed by atoms with E-state index in [0.29, 0.717) is 18.1 Å². The predicted octanol–water partition coefficient (Wildman–Crippen LogP) is 1.63. The van der Waals surface area contributed by atoms with E-state index in [1.54, 1.807) is 6.20 Å². The number of hydrogen-bond acceptors (Lipinski definition) is 4. The molecular weight excluding hydrogens is 232 g/mol. The first kappa shape index (κ1) is 12.3. The highest BCUT2D eigenvalue weighted by molar-refractivity contribution is 5.91. The van der Waals surface area contributed by atoms with Gasteiger partial charge in [0.1, 0.15) is 5.65 Å². The molecule has 6 heteroatoms. The highest BCUT2D eigenvalue weighted by atomic mass is 16.5. The van der Waals surface area contributed by atoms with Crippen molar-refractivity contribution in [1.29, 1.82) is 0 Å². The average molecular weight is 248 g/mol. The minimum atomic E-state index is -0.642. The molecule has 96 valence electrons. The molecule has 2 aromatic rings. The molecule has 0 aliphatic rings. The highest BCUT2D eigenvalue weighted by Crippen LogP contribution is 2.18. The summed E-state index contributed by atoms with van der Waals surface area (Å²) in [6.45, 7) is 2.81. The van der Waals surface area contributed by atoms with Gasteiger partial charge in [0.2, 0.25) is 5.82 Å². The van der Waals surface area contributed by atoms with Gasteiger partial charge in [-0.1, -0.05) is 19.8 Å². The van der Waals surface area contributed by atoms with E-state index >= 15 is 0 Å². The fraction of sp³-hybridized carbons (Fsp3) is 0.417. The predicted molar refractivity (Wildman–Crippen MR) is 67.4 cm³/mol. The number of primary amides is 1. The second kappa shape index (κ2) is 5.48. The van der Waals surface area contributed by atoms with Gasteiger partial charge < -0.3 is 15.5 Å². The molecule has 0 unspecified atom stereocenters. The standard InChI is InChI=1S/C12H16N4O2/c1-2-3-4-5-18-9-6-8-7-14-12(10(13)17)16-11(8)15-9/h6-7H,2-5H2,1H3,(H2,13,17)(H,14,15,16). The molecule has 0 saturated heterocycles. The first-order chi connectivity index (χ1) is 8.70. The summed E-state index contributed by atoms with van der Waals surface area (Å²) >= 11 is 0. The third-order valence-corrected chi connectivity index (χ3v) is 2.57. The maximum Gasteiger partial charge on any atom is 0.286 e. The lowest BCUT2D eigenvalue weighted by molar-refractivity contribution is 0.0990. The number of ether oxygens (including phenoxy) is 1. The number of nitrogens with two attached hydrogens (primary N) is 1. The van der Waals surface area contributed by atoms with Crippen LogP contribution >= 0.6 is 0 Å². The summed E-state index contributed by atoms with van der Waals surface area (Å²) in [5, 5.41) is 0.797. The van der Waals surface area contributed by atoms with E-state index in [2.05, 4.69) is 21.9 Å². The van der Waals surface area contributed by atoms with Crippen LogP contribution in [-0.4, -0.2) is 27.5 Å². The number of unbranched alkanes of at least 4 members (excludes halogenated alkanes) is 2. The summed E-state index contributed by atoms with van der Waals surface area (Å²) in [6, 6.07) is 1.81. The lowest BCUT2D eigenvalue weighted by Crippen LogP contribution is -2.14. The number of amides is 1. The Morgan fingerprint density at radius 3 is 3.06 bits per heavy atom. The number of carbonyl (C=O) groups is 1. The maximum absolute atomic E-state index is 10.9. The first-order valence-corrected chi connectivity index (χ1v) is 5.99. The fourth-order valence-electron chi connectivity index (χ4n) is 1.62. The third kappa shape index (κ3) is 2.77. The van der Waals surface area contributed by atoms with Gasteiger partial charge in [-0.3, -0.25) is 4.79 Å². The Balaban J connectivity index is 2.09. The van der Waals surface area contributed by atoms with Gasteiger partial charge in [0.05, 0.1) is 6.61 Å². The van der Waals surface area contributed by atoms with Crippen LogP contribution in [0.5, 0.6) is 5.88 Å². The van der Waals surface area contributed by atoms with Crippen molar-refractivity contribution in [2.45, 2.75) is 26.2 Å². The van der Waals surface area contributed by atoms with Crippen LogP contribution < -0.4 is 10.5 Å². The molecule has 6 nitrogen and oxygen atoms in total. The molecule has 0 fully saturated rings. The summed E-state index contributed by atoms with van der Waals surface area (Å²) < 4.78 is 5.55. The zero-order valence-corrected chi connectivity index (χ0v) is 10.3. The number of H-pyrrole nitrogens is 1. The van der Waals surface area contributed by atoms with Crippen LogP contribution in [0.15, 0.2) is 12.3 Å². The van der Waals surface area contributed by atoms with E-state index < -0.39 is 5.91 Å². The molecule has 0 atom stereocenters. The Morgan fingerprint density at radius 1 is 1.50 bits per heavy atom. The van der Waals surface area contributed by atoms with Gasteiger partial charge in [-0.05, 0) is 6.42 Å². The normalized spacial score (nSPS) is 10.7. The van der Waals surface area contributed by atoms with E-state index in [9.17, 15) is 4.79 Å². The Bertz CT molecular complexity index is 550. The SMILES string of the molecule is CCCCCOc1cc2cnc(C(N)=O)nc2[nH]1. The highest BCUT2D eigenvalue weighted by Gasteiger charge is 2.08. The van der Waals surface area contributed by atoms with Crippen molar-refractivity contribution in [1.82, 2.24) is 15.0 Å². The molecule has 0 aromatic carbocycles. The number of nitrogens with zero attached hydrogens (tertiary/aromatic N) is 2. The van der Waals surface area contributed by atoms with Crippen molar-refractivity contribution in [3.63, 3.8) is 0 Å². The van der Waals surface area contributed by atoms with Crippen LogP contribution in [-0.2, 0) is 0 Å². The monoisotopic (exact) mass is 248 g/mol. The molecule has 0 radical (unpaired) electrons. The van der Waals surface area contributed by atoms with Crippen molar-refractivity contribution in [3.8, 4) is 5.88 Å². The molecule has 3 N–H and O–H groups in total. The molecule has 1 amide bonds. The minimum absolute atomic E-state index is 0.00174. The van der Waals surface area contributed by atoms with Crippen molar-refractivity contribution < 1.29 is 9.53 Å². The minimum Gasteiger partial charge on any atom is -0.479 e. The lowest BCUT2D eigenvalue weighted by Gasteiger charge is -2.01. The topological polar surface area (TPSA) is 93.9 Å². The molecule has 0 saturated carbocycles. The van der Waals surface area contributed by atoms with Crippen LogP contribution in [0.1, 0.15) is 36.8 Å². The molecule has 0 aliphatic carbocycles. The van der Waals surface area contributed by atoms with E-state index in [-0.39, 0.29) is 5.82 Å². The van der Waals surface area contributed by atoms with Gasteiger partial charge in [-0.15, -0.1) is 0 Å². The third-order valence-electron chi connectivity index (χ3n) is 2.57. The van der Waals surface area contributed by atoms with Gasteiger partial charge in [-0.2, -0.15) is 0 Å². The first-order valence-electron chi connectivity index (χ1n) is 5.99. The van der Waals surface area contributed by atoms with Gasteiger partial charge in [0.25, 0.3) is 5.91 Å². The van der Waals surface area contributed by atoms with Crippen molar-refractivity contribution in [2.24, 2.45) is 5.73 Å². The molecule has 18 heavy (non-hydrogen) atoms. The number of fused-ring (bicyclic) bond motifs is 1. The molecule has 2 rings (SSSR count). The van der Waals surface area contributed by atoms with Crippen LogP contribution in [0.4, 0.5) is 0 Å². The molecular formula is C12H16N4O2. The molecule has 2 heterocycles. The van der Waals surface area contributed by atoms with Gasteiger partial charge in [-0.25, -0.2) is 9.97 Å². The molecule has 0 aliphatic heterocycles. The quantitative estimate of drug-likeness (QED) is 0.759. The molecule has 0 bridgehead atoms. The summed E-state index contributed by atoms with van der Waals surface area (Å²) in [5.41, 5.74) is 5.68. The Kier molecular flexibility index (Phi) is 3.76. The number of nitrogens with one attached hydrogen (secondary N) is 1. The van der Waals surface area contributed by atoms with Crippen molar-refractivity contribution in [3.05, 3.63) is 18.1 Å². The van der Waals surface area contributed by atoms with Gasteiger partial charge in [0, 0.05) is 17.6 Å². The lowest BCUT2D eigenvalue weighted by atomic mass is 10.3. The van der Waals surface area contributed by atoms with Crippen LogP contribution in [0.2, 0.25) is 0 Å². The van der Waals surface area contributed by atoms with Crippen LogP contribution in [0.3, 0.4) is 0 Å². The summed E-state index contributed by atoms with van der Waals surface area (Å²) in [4.78, 5) is 21.8. The second-order valence-corrected chi connectivity index (χ2v) is 4.05. The number of hydrogen-bond donors (Lipinski definition) is 2. The van der Waals surface area contributed by atoms with Crippen LogP contribution in [0.25, 0.3) is 11.0 Å². The number of aromatic nitrogens is 3. The van der Waals surface area contributed by atoms with Gasteiger partial charge in [0.15, 0.2) is 5.88 Å². The average Bonchev–Trinajstić information content (AvgIpc) is 2.76. The Morgan fingerprint density at radius 2 is 2.33 bits per heavy atom. The van der Waals surface area contributed by atoms with Crippen molar-refractivity contribution >= 4 is 16.9 Å². The largest absolute Gasteiger partial charge is 0.479 e. The van der Waals surface area contributed by atoms with E-state index in [1.807, 2.05) is 6.07 Å². The smallest absolute Gasteiger partial charge is 0.286 e. The summed E-state index contributed by atoms with van der Waals surface area (Å²) in [6.07, 6.45) is 4.87. The Hall–Kier alpha value is -2.11. The van der Waals surface area contributed by atoms with E-state index in [1.165, 1.54) is 0 Å². The number of carbonyl (C=O) groups excluding carboxylic acids is 1. The zero-order valence-electron chi connectivity index (χ0n) is 10.3. The summed E-state index contributed by atoms with van der Waals surface area (Å²) in [7, 11) is 0. The maximum atomic E-state index is 10.9. The van der Waals surface area contributed by atoms with Crippen LogP contribution in [0, 0.1) is 0 Å². The van der Waals surface area contributed by atoms with Gasteiger partial charge >= 0.3 is 0 Å². The fourth-order valence-corrected chi connectivity index (χ4v) is 1.62. The zero-order chi connectivity index (χ0) is 13.0. The number of rotatable bonds is 6. The van der Waals surface area contributed by atoms with E-state index in [0.717, 1.165) is 24.6 Å². The molecule has 2 aromatic heterocycles. The number of aromatic amines is 1. The molecule has 0 spiro atoms. The second-order valence-electron chi connectivity index (χ2n) is 4.05. The van der Waals surface area contributed by atoms with E-state index in [4.69, 9.17) is 10.5 Å². The summed E-state index contributed by atoms with van der Waals surface area (Å²) in [5.74, 6) is -0.00387. The Labute approximate surface area is 105 Å².